The molecule has 2 rings (SSSR count). The minimum Gasteiger partial charge on any atom is -0.310 e. The molecule has 0 atom stereocenters. The average Bonchev–Trinajstić information content (AvgIpc) is 2.90. The fourth-order valence-electron chi connectivity index (χ4n) is 1.54. The molecule has 1 aromatic rings. The quantitative estimate of drug-likeness (QED) is 0.740. The van der Waals surface area contributed by atoms with E-state index in [1.165, 1.54) is 6.20 Å². The van der Waals surface area contributed by atoms with Gasteiger partial charge in [0.05, 0.1) is 5.02 Å². The fourth-order valence-corrected chi connectivity index (χ4v) is 1.70. The predicted molar refractivity (Wildman–Crippen MR) is 49.2 cm³/mol. The summed E-state index contributed by atoms with van der Waals surface area (Å²) in [6.07, 6.45) is 3.22. The predicted octanol–water partition coefficient (Wildman–Crippen LogP) is 2.08. The van der Waals surface area contributed by atoms with Gasteiger partial charge in [0.2, 0.25) is 5.95 Å². The number of nitrogens with one attached hydrogen (secondary N) is 1. The third kappa shape index (κ3) is 1.42. The molecule has 13 heavy (non-hydrogen) atoms. The summed E-state index contributed by atoms with van der Waals surface area (Å²) in [5, 5.41) is 3.58. The van der Waals surface area contributed by atoms with E-state index in [4.69, 9.17) is 11.6 Å². The average molecular weight is 201 g/mol. The number of hydrogen-bond acceptors (Lipinski definition) is 2. The van der Waals surface area contributed by atoms with Crippen molar-refractivity contribution in [3.63, 3.8) is 0 Å². The van der Waals surface area contributed by atoms with Crippen LogP contribution in [0.25, 0.3) is 0 Å². The summed E-state index contributed by atoms with van der Waals surface area (Å²) in [5.41, 5.74) is 0.379. The summed E-state index contributed by atoms with van der Waals surface area (Å²) in [4.78, 5) is 3.59. The maximum atomic E-state index is 13.3. The second-order valence-electron chi connectivity index (χ2n) is 3.32. The molecular weight excluding hydrogens is 191 g/mol. The van der Waals surface area contributed by atoms with Gasteiger partial charge in [-0.05, 0) is 26.0 Å². The maximum Gasteiger partial charge on any atom is 0.218 e. The summed E-state index contributed by atoms with van der Waals surface area (Å²) >= 11 is 5.75. The first kappa shape index (κ1) is 8.91. The Morgan fingerprint density at radius 3 is 2.85 bits per heavy atom. The van der Waals surface area contributed by atoms with Gasteiger partial charge in [-0.15, -0.1) is 0 Å². The molecule has 1 aliphatic rings. The molecule has 1 fully saturated rings. The lowest BCUT2D eigenvalue weighted by atomic mass is 10.1. The first-order valence-electron chi connectivity index (χ1n) is 4.18. The van der Waals surface area contributed by atoms with Crippen molar-refractivity contribution in [3.05, 3.63) is 28.8 Å². The molecule has 0 aliphatic heterocycles. The summed E-state index contributed by atoms with van der Waals surface area (Å²) in [6, 6.07) is 1.65. The van der Waals surface area contributed by atoms with E-state index in [2.05, 4.69) is 10.3 Å². The molecule has 0 spiro atoms. The Morgan fingerprint density at radius 2 is 2.31 bits per heavy atom. The minimum atomic E-state index is -0.420. The fraction of sp³-hybridized carbons (Fsp3) is 0.444. The van der Waals surface area contributed by atoms with E-state index >= 15 is 0 Å². The zero-order chi connectivity index (χ0) is 9.47. The van der Waals surface area contributed by atoms with E-state index in [0.29, 0.717) is 10.6 Å². The van der Waals surface area contributed by atoms with Gasteiger partial charge in [-0.1, -0.05) is 11.6 Å². The SMILES string of the molecule is CNC1(c2cc(Cl)cnc2F)CC1. The van der Waals surface area contributed by atoms with Crippen molar-refractivity contribution in [2.75, 3.05) is 7.05 Å². The Hall–Kier alpha value is -0.670. The van der Waals surface area contributed by atoms with Crippen LogP contribution in [0.2, 0.25) is 5.02 Å². The summed E-state index contributed by atoms with van der Waals surface area (Å²) in [5.74, 6) is -0.420. The van der Waals surface area contributed by atoms with Crippen molar-refractivity contribution in [2.24, 2.45) is 0 Å². The van der Waals surface area contributed by atoms with E-state index in [1.54, 1.807) is 6.07 Å². The van der Waals surface area contributed by atoms with Crippen LogP contribution in [0, 0.1) is 5.95 Å². The van der Waals surface area contributed by atoms with Crippen molar-refractivity contribution in [1.29, 1.82) is 0 Å². The van der Waals surface area contributed by atoms with Crippen LogP contribution < -0.4 is 5.32 Å². The minimum absolute atomic E-state index is 0.206. The van der Waals surface area contributed by atoms with Crippen LogP contribution in [0.5, 0.6) is 0 Å². The van der Waals surface area contributed by atoms with Crippen LogP contribution in [0.4, 0.5) is 4.39 Å². The highest BCUT2D eigenvalue weighted by atomic mass is 35.5. The highest BCUT2D eigenvalue weighted by Crippen LogP contribution is 2.46. The molecule has 0 unspecified atom stereocenters. The summed E-state index contributed by atoms with van der Waals surface area (Å²) in [6.45, 7) is 0. The molecule has 4 heteroatoms. The van der Waals surface area contributed by atoms with Gasteiger partial charge in [0, 0.05) is 17.3 Å². The number of pyridine rings is 1. The number of aromatic nitrogens is 1. The van der Waals surface area contributed by atoms with E-state index < -0.39 is 5.95 Å². The van der Waals surface area contributed by atoms with Crippen molar-refractivity contribution in [2.45, 2.75) is 18.4 Å². The van der Waals surface area contributed by atoms with Crippen LogP contribution in [-0.2, 0) is 5.54 Å². The van der Waals surface area contributed by atoms with Crippen molar-refractivity contribution < 1.29 is 4.39 Å². The Labute approximate surface area is 81.1 Å². The lowest BCUT2D eigenvalue weighted by Crippen LogP contribution is -2.26. The first-order chi connectivity index (χ1) is 6.18. The standard InChI is InChI=1S/C9H10ClFN2/c1-12-9(2-3-9)7-4-6(10)5-13-8(7)11/h4-5,12H,2-3H2,1H3. The monoisotopic (exact) mass is 200 g/mol. The molecule has 0 bridgehead atoms. The molecule has 1 N–H and O–H groups in total. The summed E-state index contributed by atoms with van der Waals surface area (Å²) in [7, 11) is 1.83. The van der Waals surface area contributed by atoms with Gasteiger partial charge in [-0.2, -0.15) is 4.39 Å². The van der Waals surface area contributed by atoms with Crippen LogP contribution >= 0.6 is 11.6 Å². The number of halogens is 2. The number of nitrogens with zero attached hydrogens (tertiary/aromatic N) is 1. The molecule has 70 valence electrons. The van der Waals surface area contributed by atoms with Gasteiger partial charge in [0.25, 0.3) is 0 Å². The molecule has 0 saturated heterocycles. The Bertz CT molecular complexity index is 336. The third-order valence-electron chi connectivity index (χ3n) is 2.55. The molecule has 0 radical (unpaired) electrons. The summed E-state index contributed by atoms with van der Waals surface area (Å²) < 4.78 is 13.3. The molecule has 1 heterocycles. The highest BCUT2D eigenvalue weighted by Gasteiger charge is 2.45. The lowest BCUT2D eigenvalue weighted by molar-refractivity contribution is 0.503. The molecule has 1 saturated carbocycles. The van der Waals surface area contributed by atoms with E-state index in [1.807, 2.05) is 7.05 Å². The van der Waals surface area contributed by atoms with E-state index in [9.17, 15) is 4.39 Å². The van der Waals surface area contributed by atoms with Gasteiger partial charge in [0.15, 0.2) is 0 Å². The smallest absolute Gasteiger partial charge is 0.218 e. The normalized spacial score (nSPS) is 18.7. The second kappa shape index (κ2) is 2.93. The van der Waals surface area contributed by atoms with Crippen molar-refractivity contribution in [3.8, 4) is 0 Å². The van der Waals surface area contributed by atoms with Crippen LogP contribution in [0.1, 0.15) is 18.4 Å². The molecule has 2 nitrogen and oxygen atoms in total. The van der Waals surface area contributed by atoms with Crippen LogP contribution in [0.15, 0.2) is 12.3 Å². The molecule has 1 aliphatic carbocycles. The van der Waals surface area contributed by atoms with E-state index in [0.717, 1.165) is 12.8 Å². The van der Waals surface area contributed by atoms with Gasteiger partial charge in [-0.3, -0.25) is 0 Å². The van der Waals surface area contributed by atoms with Crippen LogP contribution in [0.3, 0.4) is 0 Å². The maximum absolute atomic E-state index is 13.3. The number of rotatable bonds is 2. The van der Waals surface area contributed by atoms with E-state index in [-0.39, 0.29) is 5.54 Å². The Morgan fingerprint density at radius 1 is 1.62 bits per heavy atom. The largest absolute Gasteiger partial charge is 0.310 e. The molecule has 1 aromatic heterocycles. The topological polar surface area (TPSA) is 24.9 Å². The second-order valence-corrected chi connectivity index (χ2v) is 3.76. The zero-order valence-corrected chi connectivity index (χ0v) is 8.03. The Kier molecular flexibility index (Phi) is 2.00. The lowest BCUT2D eigenvalue weighted by Gasteiger charge is -2.14. The molecule has 0 amide bonds. The van der Waals surface area contributed by atoms with Gasteiger partial charge in [-0.25, -0.2) is 4.98 Å². The Balaban J connectivity index is 2.44. The third-order valence-corrected chi connectivity index (χ3v) is 2.76. The number of hydrogen-bond donors (Lipinski definition) is 1. The van der Waals surface area contributed by atoms with Gasteiger partial charge >= 0.3 is 0 Å². The zero-order valence-electron chi connectivity index (χ0n) is 7.27. The molecule has 0 aromatic carbocycles. The highest BCUT2D eigenvalue weighted by molar-refractivity contribution is 6.30. The van der Waals surface area contributed by atoms with Crippen LogP contribution in [-0.4, -0.2) is 12.0 Å². The van der Waals surface area contributed by atoms with Crippen molar-refractivity contribution in [1.82, 2.24) is 10.3 Å². The molecular formula is C9H10ClFN2. The van der Waals surface area contributed by atoms with Gasteiger partial charge < -0.3 is 5.32 Å². The first-order valence-corrected chi connectivity index (χ1v) is 4.56. The van der Waals surface area contributed by atoms with Crippen molar-refractivity contribution >= 4 is 11.6 Å². The van der Waals surface area contributed by atoms with Gasteiger partial charge in [0.1, 0.15) is 0 Å².